The van der Waals surface area contributed by atoms with Crippen LogP contribution in [0.25, 0.3) is 0 Å². The van der Waals surface area contributed by atoms with E-state index in [1.807, 2.05) is 78.9 Å². The summed E-state index contributed by atoms with van der Waals surface area (Å²) in [6, 6.07) is 23.2. The second-order valence-electron chi connectivity index (χ2n) is 11.7. The lowest BCUT2D eigenvalue weighted by atomic mass is 9.62. The highest BCUT2D eigenvalue weighted by Gasteiger charge is 2.74. The average molecular weight is 663 g/mol. The molecule has 1 spiro atoms. The maximum absolute atomic E-state index is 14.4. The van der Waals surface area contributed by atoms with Gasteiger partial charge in [0.25, 0.3) is 0 Å². The van der Waals surface area contributed by atoms with Gasteiger partial charge in [-0.05, 0) is 76.2 Å². The van der Waals surface area contributed by atoms with Crippen molar-refractivity contribution in [3.8, 4) is 0 Å². The van der Waals surface area contributed by atoms with Crippen LogP contribution in [0.2, 0.25) is 0 Å². The average Bonchev–Trinajstić information content (AvgIpc) is 3.47. The molecule has 3 aromatic carbocycles. The van der Waals surface area contributed by atoms with Crippen molar-refractivity contribution in [3.63, 3.8) is 0 Å². The van der Waals surface area contributed by atoms with E-state index in [9.17, 15) is 19.5 Å². The number of morpholine rings is 1. The number of cyclic esters (lactones) is 1. The van der Waals surface area contributed by atoms with Gasteiger partial charge in [0.05, 0.1) is 6.04 Å². The molecule has 7 rings (SSSR count). The normalized spacial score (nSPS) is 31.4. The van der Waals surface area contributed by atoms with Crippen molar-refractivity contribution in [3.05, 3.63) is 99.1 Å². The molecule has 0 unspecified atom stereocenters. The summed E-state index contributed by atoms with van der Waals surface area (Å²) in [7, 11) is 0. The van der Waals surface area contributed by atoms with Crippen LogP contribution in [0.15, 0.2) is 78.9 Å². The molecule has 8 heteroatoms. The van der Waals surface area contributed by atoms with Crippen molar-refractivity contribution in [1.29, 1.82) is 0 Å². The Morgan fingerprint density at radius 1 is 0.902 bits per heavy atom. The molecule has 0 radical (unpaired) electrons. The molecule has 3 heterocycles. The third-order valence-corrected chi connectivity index (χ3v) is 10.4. The fraction of sp³-hybridized carbons (Fsp3) is 0.364. The van der Waals surface area contributed by atoms with Gasteiger partial charge in [-0.1, -0.05) is 79.9 Å². The predicted molar refractivity (Wildman–Crippen MR) is 161 cm³/mol. The first-order valence-corrected chi connectivity index (χ1v) is 15.4. The van der Waals surface area contributed by atoms with E-state index in [0.717, 1.165) is 46.8 Å². The third-order valence-electron chi connectivity index (χ3n) is 9.69. The number of esters is 1. The largest absolute Gasteiger partial charge is 0.481 e. The van der Waals surface area contributed by atoms with Crippen molar-refractivity contribution in [2.45, 2.75) is 61.7 Å². The molecule has 0 aromatic heterocycles. The topological polar surface area (TPSA) is 95.9 Å². The maximum atomic E-state index is 14.4. The van der Waals surface area contributed by atoms with Crippen LogP contribution in [0.1, 0.15) is 60.9 Å². The lowest BCUT2D eigenvalue weighted by Crippen LogP contribution is -2.56. The van der Waals surface area contributed by atoms with Crippen molar-refractivity contribution in [2.75, 3.05) is 5.32 Å². The Bertz CT molecular complexity index is 1510. The summed E-state index contributed by atoms with van der Waals surface area (Å²) in [6.45, 7) is 0. The third kappa shape index (κ3) is 3.97. The molecule has 1 amide bonds. The molecule has 210 valence electrons. The van der Waals surface area contributed by atoms with Crippen LogP contribution >= 0.6 is 22.6 Å². The van der Waals surface area contributed by atoms with Crippen LogP contribution in [-0.2, 0) is 24.5 Å². The minimum Gasteiger partial charge on any atom is -0.481 e. The number of halogens is 1. The minimum atomic E-state index is -1.44. The second-order valence-corrected chi connectivity index (χ2v) is 12.9. The quantitative estimate of drug-likeness (QED) is 0.269. The van der Waals surface area contributed by atoms with E-state index in [1.54, 1.807) is 0 Å². The number of ether oxygens (including phenoxy) is 1. The molecule has 3 aromatic rings. The highest BCUT2D eigenvalue weighted by molar-refractivity contribution is 14.1. The summed E-state index contributed by atoms with van der Waals surface area (Å²) in [5.74, 6) is -3.32. The number of anilines is 1. The number of amides is 1. The van der Waals surface area contributed by atoms with Crippen LogP contribution in [0.3, 0.4) is 0 Å². The van der Waals surface area contributed by atoms with Gasteiger partial charge in [0.15, 0.2) is 0 Å². The number of carbonyl (C=O) groups excluding carboxylic acids is 2. The number of aliphatic carboxylic acids is 1. The van der Waals surface area contributed by atoms with Gasteiger partial charge in [-0.2, -0.15) is 0 Å². The fourth-order valence-corrected chi connectivity index (χ4v) is 8.73. The number of rotatable bonds is 4. The number of hydrogen-bond acceptors (Lipinski definition) is 5. The first-order valence-electron chi connectivity index (χ1n) is 14.3. The Morgan fingerprint density at radius 3 is 2.22 bits per heavy atom. The molecule has 41 heavy (non-hydrogen) atoms. The molecule has 6 atom stereocenters. The molecule has 4 aliphatic rings. The zero-order valence-electron chi connectivity index (χ0n) is 22.4. The monoisotopic (exact) mass is 662 g/mol. The van der Waals surface area contributed by atoms with Crippen molar-refractivity contribution in [2.24, 2.45) is 11.8 Å². The highest BCUT2D eigenvalue weighted by atomic mass is 127. The lowest BCUT2D eigenvalue weighted by molar-refractivity contribution is -0.180. The van der Waals surface area contributed by atoms with Gasteiger partial charge < -0.3 is 15.2 Å². The molecular formula is C33H31IN2O5. The number of hydrogen-bond donors (Lipinski definition) is 2. The summed E-state index contributed by atoms with van der Waals surface area (Å²) in [6.07, 6.45) is 4.23. The van der Waals surface area contributed by atoms with Crippen molar-refractivity contribution >= 4 is 46.1 Å². The zero-order chi connectivity index (χ0) is 28.3. The summed E-state index contributed by atoms with van der Waals surface area (Å²) >= 11 is 2.21. The molecule has 0 bridgehead atoms. The van der Waals surface area contributed by atoms with Gasteiger partial charge in [-0.15, -0.1) is 0 Å². The van der Waals surface area contributed by atoms with Gasteiger partial charge in [-0.3, -0.25) is 19.3 Å². The van der Waals surface area contributed by atoms with Gasteiger partial charge >= 0.3 is 11.9 Å². The number of nitrogens with zero attached hydrogens (tertiary/aromatic N) is 1. The van der Waals surface area contributed by atoms with E-state index >= 15 is 0 Å². The molecule has 2 saturated heterocycles. The van der Waals surface area contributed by atoms with Crippen LogP contribution in [0, 0.1) is 15.4 Å². The molecule has 7 nitrogen and oxygen atoms in total. The molecule has 1 saturated carbocycles. The van der Waals surface area contributed by atoms with Gasteiger partial charge in [0.2, 0.25) is 5.91 Å². The molecular weight excluding hydrogens is 631 g/mol. The van der Waals surface area contributed by atoms with Crippen LogP contribution in [-0.4, -0.2) is 39.9 Å². The Labute approximate surface area is 252 Å². The van der Waals surface area contributed by atoms with Crippen LogP contribution in [0.4, 0.5) is 5.69 Å². The number of carboxylic acids is 1. The number of benzene rings is 3. The number of carboxylic acid groups (broad SMARTS) is 1. The van der Waals surface area contributed by atoms with E-state index in [0.29, 0.717) is 11.3 Å². The maximum Gasteiger partial charge on any atom is 0.325 e. The smallest absolute Gasteiger partial charge is 0.325 e. The van der Waals surface area contributed by atoms with Gasteiger partial charge in [0, 0.05) is 15.3 Å². The van der Waals surface area contributed by atoms with Gasteiger partial charge in [0.1, 0.15) is 23.5 Å². The first-order chi connectivity index (χ1) is 19.9. The SMILES string of the molecule is O=C1O[C@H](c2ccccc2)[C@H](c2ccccc2)N2[C@H]1[C@@H](C(=O)O)[C@]1(C(=O)Nc3ccc(I)cc31)[C@H]2C1CCCCC1. The van der Waals surface area contributed by atoms with E-state index in [4.69, 9.17) is 4.74 Å². The lowest BCUT2D eigenvalue weighted by Gasteiger charge is -2.48. The standard InChI is InChI=1S/C33H31IN2O5/c34-22-16-17-24-23(18-22)33(32(40)35-24)25(30(37)38)27-31(39)41-28(20-12-6-2-7-13-20)26(19-10-4-1-5-11-19)36(27)29(33)21-14-8-3-9-15-21/h1-2,4-7,10-13,16-18,21,25-29H,3,8-9,14-15H2,(H,35,40)(H,37,38)/t25-,26-,27-,28+,29+,33-/m0/s1. The van der Waals surface area contributed by atoms with E-state index < -0.39 is 47.5 Å². The second kappa shape index (κ2) is 10.2. The van der Waals surface area contributed by atoms with Gasteiger partial charge in [-0.25, -0.2) is 0 Å². The van der Waals surface area contributed by atoms with E-state index in [-0.39, 0.29) is 11.8 Å². The minimum absolute atomic E-state index is 0.0405. The molecule has 3 aliphatic heterocycles. The zero-order valence-corrected chi connectivity index (χ0v) is 24.6. The number of carbonyl (C=O) groups is 3. The van der Waals surface area contributed by atoms with Crippen LogP contribution < -0.4 is 5.32 Å². The highest BCUT2D eigenvalue weighted by Crippen LogP contribution is 2.62. The Morgan fingerprint density at radius 2 is 1.56 bits per heavy atom. The summed E-state index contributed by atoms with van der Waals surface area (Å²) in [5, 5.41) is 14.0. The molecule has 2 N–H and O–H groups in total. The number of fused-ring (bicyclic) bond motifs is 3. The summed E-state index contributed by atoms with van der Waals surface area (Å²) < 4.78 is 7.16. The van der Waals surface area contributed by atoms with Crippen molar-refractivity contribution in [1.82, 2.24) is 4.90 Å². The molecule has 1 aliphatic carbocycles. The van der Waals surface area contributed by atoms with E-state index in [2.05, 4.69) is 32.8 Å². The van der Waals surface area contributed by atoms with E-state index in [1.165, 1.54) is 0 Å². The summed E-state index contributed by atoms with van der Waals surface area (Å²) in [4.78, 5) is 44.1. The van der Waals surface area contributed by atoms with Crippen molar-refractivity contribution < 1.29 is 24.2 Å². The first kappa shape index (κ1) is 26.6. The summed E-state index contributed by atoms with van der Waals surface area (Å²) in [5.41, 5.74) is 1.65. The molecule has 3 fully saturated rings. The predicted octanol–water partition coefficient (Wildman–Crippen LogP) is 5.85. The Balaban J connectivity index is 1.53. The van der Waals surface area contributed by atoms with Crippen LogP contribution in [0.5, 0.6) is 0 Å². The number of nitrogens with one attached hydrogen (secondary N) is 1. The Hall–Kier alpha value is -3.24. The fourth-order valence-electron chi connectivity index (χ4n) is 8.24. The Kier molecular flexibility index (Phi) is 6.65.